The van der Waals surface area contributed by atoms with Gasteiger partial charge in [-0.15, -0.1) is 11.3 Å². The van der Waals surface area contributed by atoms with Crippen molar-refractivity contribution in [2.24, 2.45) is 0 Å². The van der Waals surface area contributed by atoms with Crippen LogP contribution in [-0.4, -0.2) is 4.40 Å². The van der Waals surface area contributed by atoms with Crippen LogP contribution in [0.4, 0.5) is 17.1 Å². The molecule has 0 aliphatic heterocycles. The maximum Gasteiger partial charge on any atom is 0.136 e. The van der Waals surface area contributed by atoms with Gasteiger partial charge in [-0.2, -0.15) is 0 Å². The highest BCUT2D eigenvalue weighted by Crippen LogP contribution is 2.45. The molecule has 0 saturated carbocycles. The Morgan fingerprint density at radius 3 is 1.55 bits per heavy atom. The summed E-state index contributed by atoms with van der Waals surface area (Å²) >= 11 is 1.86. The summed E-state index contributed by atoms with van der Waals surface area (Å²) < 4.78 is 11.4. The van der Waals surface area contributed by atoms with Crippen LogP contribution in [0.5, 0.6) is 0 Å². The second-order valence-corrected chi connectivity index (χ2v) is 16.4. The Bertz CT molecular complexity index is 3650. The highest BCUT2D eigenvalue weighted by atomic mass is 32.1. The number of aromatic nitrogens is 1. The van der Waals surface area contributed by atoms with Crippen LogP contribution in [0.25, 0.3) is 102 Å². The number of thiophene rings is 1. The van der Waals surface area contributed by atoms with E-state index in [4.69, 9.17) is 4.42 Å². The van der Waals surface area contributed by atoms with Crippen molar-refractivity contribution in [2.75, 3.05) is 4.90 Å². The van der Waals surface area contributed by atoms with Crippen molar-refractivity contribution < 1.29 is 4.42 Å². The number of hydrogen-bond acceptors (Lipinski definition) is 3. The third kappa shape index (κ3) is 4.61. The minimum absolute atomic E-state index is 0.904. The standard InChI is InChI=1S/C54H32N2OS/c1-5-13-48-40(9-1)46-31-39(32-47-41-10-2-6-14-49(41)56(48)54(46)47)55(37-23-17-33(18-24-37)35-22-28-53-45(29-35)44-12-4-8-16-52(44)58-53)38-25-19-34(20-26-38)36-21-27-43-42-11-3-7-15-50(42)57-51(43)30-36/h1-32H. The van der Waals surface area contributed by atoms with Crippen LogP contribution in [0.15, 0.2) is 199 Å². The van der Waals surface area contributed by atoms with Gasteiger partial charge in [-0.25, -0.2) is 0 Å². The number of fused-ring (bicyclic) bond motifs is 12. The first-order chi connectivity index (χ1) is 28.7. The normalized spacial score (nSPS) is 12.1. The van der Waals surface area contributed by atoms with Gasteiger partial charge in [0.15, 0.2) is 0 Å². The van der Waals surface area contributed by atoms with E-state index in [0.717, 1.165) is 50.1 Å². The van der Waals surface area contributed by atoms with Gasteiger partial charge >= 0.3 is 0 Å². The molecule has 0 atom stereocenters. The van der Waals surface area contributed by atoms with E-state index in [9.17, 15) is 0 Å². The molecule has 0 aliphatic rings. The first-order valence-corrected chi connectivity index (χ1v) is 20.6. The van der Waals surface area contributed by atoms with Gasteiger partial charge in [-0.05, 0) is 107 Å². The summed E-state index contributed by atoms with van der Waals surface area (Å²) in [5.41, 5.74) is 13.6. The van der Waals surface area contributed by atoms with Gasteiger partial charge in [-0.3, -0.25) is 0 Å². The number of anilines is 3. The van der Waals surface area contributed by atoms with Crippen LogP contribution in [0.2, 0.25) is 0 Å². The predicted octanol–water partition coefficient (Wildman–Crippen LogP) is 15.9. The molecule has 9 aromatic carbocycles. The SMILES string of the molecule is c1ccc2c(c1)oc1cc(-c3ccc(N(c4ccc(-c5ccc6sc7ccccc7c6c5)cc4)c4cc5c6ccccc6n6c7ccccc7c(c4)c56)cc3)ccc12. The Morgan fingerprint density at radius 2 is 0.862 bits per heavy atom. The molecule has 0 bridgehead atoms. The van der Waals surface area contributed by atoms with Gasteiger partial charge < -0.3 is 13.7 Å². The van der Waals surface area contributed by atoms with Crippen LogP contribution in [0, 0.1) is 0 Å². The van der Waals surface area contributed by atoms with Gasteiger partial charge in [0.05, 0.1) is 16.6 Å². The molecular weight excluding hydrogens is 725 g/mol. The van der Waals surface area contributed by atoms with E-state index >= 15 is 0 Å². The molecule has 13 rings (SSSR count). The van der Waals surface area contributed by atoms with Crippen LogP contribution in [0.1, 0.15) is 0 Å². The quantitative estimate of drug-likeness (QED) is 0.174. The van der Waals surface area contributed by atoms with Gasteiger partial charge in [0.25, 0.3) is 0 Å². The molecule has 0 unspecified atom stereocenters. The van der Waals surface area contributed by atoms with Crippen molar-refractivity contribution in [2.45, 2.75) is 0 Å². The fourth-order valence-electron chi connectivity index (χ4n) is 9.43. The number of rotatable bonds is 5. The Morgan fingerprint density at radius 1 is 0.345 bits per heavy atom. The molecule has 0 amide bonds. The monoisotopic (exact) mass is 756 g/mol. The van der Waals surface area contributed by atoms with E-state index in [1.165, 1.54) is 69.4 Å². The van der Waals surface area contributed by atoms with Crippen LogP contribution < -0.4 is 4.90 Å². The molecule has 0 aliphatic carbocycles. The van der Waals surface area contributed by atoms with Crippen LogP contribution in [-0.2, 0) is 0 Å². The summed E-state index contributed by atoms with van der Waals surface area (Å²) in [6.07, 6.45) is 0. The van der Waals surface area contributed by atoms with E-state index in [1.54, 1.807) is 0 Å². The molecule has 0 spiro atoms. The molecule has 4 aromatic heterocycles. The van der Waals surface area contributed by atoms with Gasteiger partial charge in [-0.1, -0.05) is 109 Å². The van der Waals surface area contributed by atoms with E-state index in [0.29, 0.717) is 0 Å². The zero-order valence-electron chi connectivity index (χ0n) is 31.2. The maximum absolute atomic E-state index is 6.27. The zero-order chi connectivity index (χ0) is 37.9. The molecule has 13 aromatic rings. The summed E-state index contributed by atoms with van der Waals surface area (Å²) in [5.74, 6) is 0. The van der Waals surface area contributed by atoms with Crippen molar-refractivity contribution in [3.8, 4) is 22.3 Å². The lowest BCUT2D eigenvalue weighted by atomic mass is 10.0. The largest absolute Gasteiger partial charge is 0.456 e. The molecule has 0 radical (unpaired) electrons. The molecule has 4 heterocycles. The Kier molecular flexibility index (Phi) is 6.60. The molecule has 4 heteroatoms. The molecular formula is C54H32N2OS. The Balaban J connectivity index is 0.973. The molecule has 0 fully saturated rings. The smallest absolute Gasteiger partial charge is 0.136 e. The number of furan rings is 1. The first kappa shape index (κ1) is 31.8. The lowest BCUT2D eigenvalue weighted by Gasteiger charge is -2.26. The third-order valence-electron chi connectivity index (χ3n) is 12.1. The molecule has 270 valence electrons. The fraction of sp³-hybridized carbons (Fsp3) is 0. The second-order valence-electron chi connectivity index (χ2n) is 15.3. The van der Waals surface area contributed by atoms with Crippen molar-refractivity contribution in [1.29, 1.82) is 0 Å². The summed E-state index contributed by atoms with van der Waals surface area (Å²) in [4.78, 5) is 2.41. The van der Waals surface area contributed by atoms with Crippen molar-refractivity contribution in [3.05, 3.63) is 194 Å². The van der Waals surface area contributed by atoms with Gasteiger partial charge in [0.1, 0.15) is 11.2 Å². The van der Waals surface area contributed by atoms with E-state index in [2.05, 4.69) is 191 Å². The summed E-state index contributed by atoms with van der Waals surface area (Å²) in [7, 11) is 0. The summed E-state index contributed by atoms with van der Waals surface area (Å²) in [5, 5.41) is 9.96. The molecule has 58 heavy (non-hydrogen) atoms. The van der Waals surface area contributed by atoms with E-state index in [-0.39, 0.29) is 0 Å². The van der Waals surface area contributed by atoms with Crippen molar-refractivity contribution in [3.63, 3.8) is 0 Å². The third-order valence-corrected chi connectivity index (χ3v) is 13.3. The van der Waals surface area contributed by atoms with Crippen LogP contribution >= 0.6 is 11.3 Å². The number of nitrogens with zero attached hydrogens (tertiary/aromatic N) is 2. The van der Waals surface area contributed by atoms with E-state index in [1.807, 2.05) is 23.5 Å². The highest BCUT2D eigenvalue weighted by Gasteiger charge is 2.22. The van der Waals surface area contributed by atoms with E-state index < -0.39 is 0 Å². The predicted molar refractivity (Wildman–Crippen MR) is 247 cm³/mol. The minimum Gasteiger partial charge on any atom is -0.456 e. The highest BCUT2D eigenvalue weighted by molar-refractivity contribution is 7.25. The Hall–Kier alpha value is -7.40. The first-order valence-electron chi connectivity index (χ1n) is 19.7. The number of para-hydroxylation sites is 3. The van der Waals surface area contributed by atoms with Crippen LogP contribution in [0.3, 0.4) is 0 Å². The summed E-state index contributed by atoms with van der Waals surface area (Å²) in [6, 6.07) is 70.8. The molecule has 0 saturated heterocycles. The lowest BCUT2D eigenvalue weighted by molar-refractivity contribution is 0.669. The molecule has 3 nitrogen and oxygen atoms in total. The maximum atomic E-state index is 6.27. The van der Waals surface area contributed by atoms with Crippen molar-refractivity contribution in [1.82, 2.24) is 4.40 Å². The lowest BCUT2D eigenvalue weighted by Crippen LogP contribution is -2.10. The zero-order valence-corrected chi connectivity index (χ0v) is 32.0. The Labute approximate surface area is 337 Å². The fourth-order valence-corrected chi connectivity index (χ4v) is 10.5. The van der Waals surface area contributed by atoms with Gasteiger partial charge in [0.2, 0.25) is 0 Å². The van der Waals surface area contributed by atoms with Gasteiger partial charge in [0, 0.05) is 69.6 Å². The average molecular weight is 757 g/mol. The topological polar surface area (TPSA) is 20.8 Å². The number of benzene rings is 9. The van der Waals surface area contributed by atoms with Crippen molar-refractivity contribution >= 4 is 109 Å². The number of hydrogen-bond donors (Lipinski definition) is 0. The average Bonchev–Trinajstić information content (AvgIpc) is 4.03. The summed E-state index contributed by atoms with van der Waals surface area (Å²) in [6.45, 7) is 0. The minimum atomic E-state index is 0.904. The second kappa shape index (κ2) is 12.1. The molecule has 0 N–H and O–H groups in total.